The van der Waals surface area contributed by atoms with Crippen LogP contribution in [0.2, 0.25) is 0 Å². The Kier molecular flexibility index (Phi) is 2.87. The molecule has 0 saturated heterocycles. The van der Waals surface area contributed by atoms with Crippen LogP contribution in [0.4, 0.5) is 19.0 Å². The number of aromatic nitrogens is 1. The molecular formula is C10H13F3N2O. The number of hydrogen-bond acceptors (Lipinski definition) is 2. The van der Waals surface area contributed by atoms with E-state index in [-0.39, 0.29) is 5.56 Å². The SMILES string of the molecule is Cn1cc(C(C)(C)C)c(C(F)(F)F)c1N=O. The van der Waals surface area contributed by atoms with Crippen molar-refractivity contribution < 1.29 is 13.2 Å². The minimum atomic E-state index is -4.56. The first-order valence-corrected chi connectivity index (χ1v) is 4.69. The van der Waals surface area contributed by atoms with E-state index in [4.69, 9.17) is 0 Å². The Morgan fingerprint density at radius 1 is 1.25 bits per heavy atom. The van der Waals surface area contributed by atoms with Gasteiger partial charge in [-0.2, -0.15) is 13.2 Å². The Morgan fingerprint density at radius 3 is 2.06 bits per heavy atom. The third kappa shape index (κ3) is 2.10. The number of aryl methyl sites for hydroxylation is 1. The smallest absolute Gasteiger partial charge is 0.332 e. The number of alkyl halides is 3. The van der Waals surface area contributed by atoms with Crippen molar-refractivity contribution >= 4 is 5.82 Å². The van der Waals surface area contributed by atoms with E-state index in [1.807, 2.05) is 0 Å². The minimum Gasteiger partial charge on any atom is -0.332 e. The van der Waals surface area contributed by atoms with Crippen molar-refractivity contribution in [3.05, 3.63) is 22.2 Å². The van der Waals surface area contributed by atoms with Gasteiger partial charge >= 0.3 is 6.18 Å². The van der Waals surface area contributed by atoms with Crippen LogP contribution < -0.4 is 0 Å². The predicted octanol–water partition coefficient (Wildman–Crippen LogP) is 3.74. The summed E-state index contributed by atoms with van der Waals surface area (Å²) < 4.78 is 39.6. The molecule has 0 spiro atoms. The number of nitrogens with zero attached hydrogens (tertiary/aromatic N) is 2. The summed E-state index contributed by atoms with van der Waals surface area (Å²) in [6.45, 7) is 4.98. The van der Waals surface area contributed by atoms with Gasteiger partial charge in [-0.3, -0.25) is 0 Å². The second-order valence-corrected chi connectivity index (χ2v) is 4.69. The monoisotopic (exact) mass is 234 g/mol. The Labute approximate surface area is 91.2 Å². The molecule has 1 aromatic heterocycles. The topological polar surface area (TPSA) is 34.4 Å². The highest BCUT2D eigenvalue weighted by Gasteiger charge is 2.41. The lowest BCUT2D eigenvalue weighted by Gasteiger charge is -2.20. The van der Waals surface area contributed by atoms with E-state index in [0.717, 1.165) is 4.57 Å². The quantitative estimate of drug-likeness (QED) is 0.681. The normalized spacial score (nSPS) is 12.9. The Morgan fingerprint density at radius 2 is 1.75 bits per heavy atom. The molecule has 90 valence electrons. The van der Waals surface area contributed by atoms with Crippen LogP contribution in [0.15, 0.2) is 11.4 Å². The third-order valence-corrected chi connectivity index (χ3v) is 2.33. The summed E-state index contributed by atoms with van der Waals surface area (Å²) in [5.74, 6) is -0.572. The van der Waals surface area contributed by atoms with E-state index in [0.29, 0.717) is 0 Å². The maximum Gasteiger partial charge on any atom is 0.420 e. The summed E-state index contributed by atoms with van der Waals surface area (Å²) in [6, 6.07) is 0. The zero-order valence-electron chi connectivity index (χ0n) is 9.51. The van der Waals surface area contributed by atoms with Crippen LogP contribution in [0.25, 0.3) is 0 Å². The molecule has 0 saturated carbocycles. The third-order valence-electron chi connectivity index (χ3n) is 2.33. The summed E-state index contributed by atoms with van der Waals surface area (Å²) in [5.41, 5.74) is -1.54. The molecule has 0 aliphatic carbocycles. The van der Waals surface area contributed by atoms with Crippen molar-refractivity contribution in [2.75, 3.05) is 0 Å². The van der Waals surface area contributed by atoms with Crippen molar-refractivity contribution in [3.63, 3.8) is 0 Å². The Hall–Kier alpha value is -1.33. The molecule has 16 heavy (non-hydrogen) atoms. The van der Waals surface area contributed by atoms with Gasteiger partial charge in [0, 0.05) is 13.2 Å². The molecule has 0 amide bonds. The largest absolute Gasteiger partial charge is 0.420 e. The van der Waals surface area contributed by atoms with Crippen LogP contribution in [0.3, 0.4) is 0 Å². The Balaban J connectivity index is 3.59. The fourth-order valence-electron chi connectivity index (χ4n) is 1.57. The van der Waals surface area contributed by atoms with Crippen molar-refractivity contribution in [3.8, 4) is 0 Å². The molecule has 0 atom stereocenters. The zero-order chi connectivity index (χ0) is 12.7. The van der Waals surface area contributed by atoms with E-state index < -0.39 is 23.0 Å². The van der Waals surface area contributed by atoms with Crippen molar-refractivity contribution in [2.24, 2.45) is 12.2 Å². The molecule has 0 unspecified atom stereocenters. The van der Waals surface area contributed by atoms with Gasteiger partial charge in [-0.25, -0.2) is 0 Å². The summed E-state index contributed by atoms with van der Waals surface area (Å²) in [4.78, 5) is 10.5. The number of halogens is 3. The molecule has 0 aliphatic rings. The number of nitroso groups, excluding NO2 is 1. The molecule has 1 rings (SSSR count). The molecule has 6 heteroatoms. The van der Waals surface area contributed by atoms with Crippen LogP contribution in [-0.4, -0.2) is 4.57 Å². The molecule has 0 fully saturated rings. The zero-order valence-corrected chi connectivity index (χ0v) is 9.51. The second kappa shape index (κ2) is 3.61. The highest BCUT2D eigenvalue weighted by molar-refractivity contribution is 5.51. The van der Waals surface area contributed by atoms with E-state index in [2.05, 4.69) is 5.18 Å². The van der Waals surface area contributed by atoms with Crippen molar-refractivity contribution in [2.45, 2.75) is 32.4 Å². The van der Waals surface area contributed by atoms with Gasteiger partial charge in [0.05, 0.1) is 0 Å². The molecule has 0 N–H and O–H groups in total. The molecule has 1 heterocycles. The van der Waals surface area contributed by atoms with E-state index in [1.54, 1.807) is 20.8 Å². The number of rotatable bonds is 1. The molecule has 0 aromatic carbocycles. The van der Waals surface area contributed by atoms with Gasteiger partial charge in [-0.15, -0.1) is 4.91 Å². The molecular weight excluding hydrogens is 221 g/mol. The lowest BCUT2D eigenvalue weighted by Crippen LogP contribution is -2.17. The van der Waals surface area contributed by atoms with Crippen molar-refractivity contribution in [1.82, 2.24) is 4.57 Å². The first-order valence-electron chi connectivity index (χ1n) is 4.69. The van der Waals surface area contributed by atoms with Crippen molar-refractivity contribution in [1.29, 1.82) is 0 Å². The second-order valence-electron chi connectivity index (χ2n) is 4.69. The summed E-state index contributed by atoms with van der Waals surface area (Å²) >= 11 is 0. The number of hydrogen-bond donors (Lipinski definition) is 0. The van der Waals surface area contributed by atoms with Crippen LogP contribution in [-0.2, 0) is 18.6 Å². The molecule has 1 aromatic rings. The highest BCUT2D eigenvalue weighted by atomic mass is 19.4. The summed E-state index contributed by atoms with van der Waals surface area (Å²) in [6.07, 6.45) is -3.26. The molecule has 0 aliphatic heterocycles. The van der Waals surface area contributed by atoms with Crippen LogP contribution in [0.5, 0.6) is 0 Å². The van der Waals surface area contributed by atoms with Gasteiger partial charge in [0.1, 0.15) is 5.56 Å². The van der Waals surface area contributed by atoms with E-state index in [9.17, 15) is 18.1 Å². The standard InChI is InChI=1S/C10H13F3N2O/c1-9(2,3)6-5-15(4)8(14-16)7(6)10(11,12)13/h5H,1-4H3. The van der Waals surface area contributed by atoms with Gasteiger partial charge in [0.2, 0.25) is 0 Å². The summed E-state index contributed by atoms with van der Waals surface area (Å²) in [5, 5.41) is 2.46. The first-order chi connectivity index (χ1) is 7.09. The molecule has 0 radical (unpaired) electrons. The predicted molar refractivity (Wildman–Crippen MR) is 54.6 cm³/mol. The maximum absolute atomic E-state index is 12.8. The summed E-state index contributed by atoms with van der Waals surface area (Å²) in [7, 11) is 1.38. The molecule has 3 nitrogen and oxygen atoms in total. The first kappa shape index (κ1) is 12.7. The lowest BCUT2D eigenvalue weighted by molar-refractivity contribution is -0.138. The average Bonchev–Trinajstić information content (AvgIpc) is 2.40. The van der Waals surface area contributed by atoms with Gasteiger partial charge in [0.25, 0.3) is 0 Å². The van der Waals surface area contributed by atoms with Gasteiger partial charge < -0.3 is 4.57 Å². The minimum absolute atomic E-state index is 0.0806. The van der Waals surface area contributed by atoms with Crippen LogP contribution in [0, 0.1) is 4.91 Å². The average molecular weight is 234 g/mol. The van der Waals surface area contributed by atoms with E-state index in [1.165, 1.54) is 13.2 Å². The van der Waals surface area contributed by atoms with Crippen LogP contribution in [0.1, 0.15) is 31.9 Å². The van der Waals surface area contributed by atoms with E-state index >= 15 is 0 Å². The van der Waals surface area contributed by atoms with Gasteiger partial charge in [-0.05, 0) is 16.2 Å². The van der Waals surface area contributed by atoms with Gasteiger partial charge in [-0.1, -0.05) is 20.8 Å². The fraction of sp³-hybridized carbons (Fsp3) is 0.600. The Bertz CT molecular complexity index is 413. The highest BCUT2D eigenvalue weighted by Crippen LogP contribution is 2.43. The fourth-order valence-corrected chi connectivity index (χ4v) is 1.57. The van der Waals surface area contributed by atoms with Gasteiger partial charge in [0.15, 0.2) is 5.82 Å². The lowest BCUT2D eigenvalue weighted by atomic mass is 9.86. The molecule has 0 bridgehead atoms. The maximum atomic E-state index is 12.8. The van der Waals surface area contributed by atoms with Crippen LogP contribution >= 0.6 is 0 Å².